The lowest BCUT2D eigenvalue weighted by Gasteiger charge is -2.24. The van der Waals surface area contributed by atoms with Gasteiger partial charge in [0.15, 0.2) is 0 Å². The number of rotatable bonds is 5. The standard InChI is InChI=1S/C17H24N2P/c1-19(2,3)16-11-7-8-14(12-16)13-18-17(20)15-9-5-4-6-10-15/h4-12,17-18H,13,20H2,1-3H3/q+1. The molecular weight excluding hydrogens is 263 g/mol. The molecule has 2 aromatic carbocycles. The summed E-state index contributed by atoms with van der Waals surface area (Å²) in [4.78, 5) is 0. The van der Waals surface area contributed by atoms with Crippen LogP contribution in [0.25, 0.3) is 0 Å². The lowest BCUT2D eigenvalue weighted by atomic mass is 10.1. The molecule has 0 heterocycles. The van der Waals surface area contributed by atoms with E-state index in [1.807, 2.05) is 6.07 Å². The van der Waals surface area contributed by atoms with Crippen LogP contribution in [-0.4, -0.2) is 21.1 Å². The van der Waals surface area contributed by atoms with Crippen molar-refractivity contribution in [1.29, 1.82) is 0 Å². The zero-order chi connectivity index (χ0) is 14.6. The number of hydrogen-bond donors (Lipinski definition) is 1. The van der Waals surface area contributed by atoms with Crippen LogP contribution in [0.1, 0.15) is 16.9 Å². The second kappa shape index (κ2) is 6.49. The van der Waals surface area contributed by atoms with Crippen molar-refractivity contribution in [2.45, 2.75) is 12.3 Å². The minimum atomic E-state index is 0.281. The van der Waals surface area contributed by atoms with Gasteiger partial charge in [-0.2, -0.15) is 0 Å². The Labute approximate surface area is 124 Å². The van der Waals surface area contributed by atoms with Crippen molar-refractivity contribution < 1.29 is 0 Å². The number of nitrogens with zero attached hydrogens (tertiary/aromatic N) is 1. The largest absolute Gasteiger partial charge is 0.303 e. The fraction of sp³-hybridized carbons (Fsp3) is 0.294. The summed E-state index contributed by atoms with van der Waals surface area (Å²) in [5.74, 6) is 0.281. The summed E-state index contributed by atoms with van der Waals surface area (Å²) in [6, 6.07) is 19.3. The molecule has 0 aliphatic rings. The van der Waals surface area contributed by atoms with Gasteiger partial charge in [-0.05, 0) is 17.2 Å². The molecule has 0 bridgehead atoms. The minimum absolute atomic E-state index is 0.281. The van der Waals surface area contributed by atoms with E-state index >= 15 is 0 Å². The van der Waals surface area contributed by atoms with Crippen molar-refractivity contribution in [3.05, 3.63) is 65.7 Å². The highest BCUT2D eigenvalue weighted by atomic mass is 31.0. The molecular formula is C17H24N2P+. The van der Waals surface area contributed by atoms with Gasteiger partial charge in [-0.1, -0.05) is 42.5 Å². The second-order valence-corrected chi connectivity index (χ2v) is 6.62. The maximum atomic E-state index is 3.55. The lowest BCUT2D eigenvalue weighted by Crippen LogP contribution is -2.34. The monoisotopic (exact) mass is 287 g/mol. The molecule has 0 aliphatic carbocycles. The number of benzene rings is 2. The molecule has 0 aromatic heterocycles. The normalized spacial score (nSPS) is 13.2. The van der Waals surface area contributed by atoms with Crippen molar-refractivity contribution in [1.82, 2.24) is 9.80 Å². The summed E-state index contributed by atoms with van der Waals surface area (Å²) >= 11 is 0. The molecule has 1 N–H and O–H groups in total. The van der Waals surface area contributed by atoms with Gasteiger partial charge in [0, 0.05) is 18.4 Å². The highest BCUT2D eigenvalue weighted by Gasteiger charge is 2.12. The Balaban J connectivity index is 2.01. The van der Waals surface area contributed by atoms with E-state index in [2.05, 4.69) is 84.2 Å². The Morgan fingerprint density at radius 2 is 1.70 bits per heavy atom. The van der Waals surface area contributed by atoms with Gasteiger partial charge in [-0.3, -0.25) is 4.48 Å². The predicted molar refractivity (Wildman–Crippen MR) is 91.7 cm³/mol. The second-order valence-electron chi connectivity index (χ2n) is 5.95. The first-order valence-corrected chi connectivity index (χ1v) is 7.58. The third kappa shape index (κ3) is 4.14. The summed E-state index contributed by atoms with van der Waals surface area (Å²) in [6.45, 7) is 0.872. The Kier molecular flexibility index (Phi) is 4.93. The van der Waals surface area contributed by atoms with E-state index in [1.54, 1.807) is 0 Å². The number of nitrogens with one attached hydrogen (secondary N) is 1. The first-order valence-electron chi connectivity index (χ1n) is 6.92. The third-order valence-corrected chi connectivity index (χ3v) is 3.99. The van der Waals surface area contributed by atoms with Crippen LogP contribution in [0.15, 0.2) is 54.6 Å². The summed E-state index contributed by atoms with van der Waals surface area (Å²) in [6.07, 6.45) is 0. The lowest BCUT2D eigenvalue weighted by molar-refractivity contribution is 0.485. The zero-order valence-electron chi connectivity index (χ0n) is 12.5. The van der Waals surface area contributed by atoms with E-state index in [9.17, 15) is 0 Å². The summed E-state index contributed by atoms with van der Waals surface area (Å²) in [5.41, 5.74) is 3.93. The van der Waals surface area contributed by atoms with Crippen LogP contribution < -0.4 is 9.80 Å². The Hall–Kier alpha value is -1.21. The van der Waals surface area contributed by atoms with Crippen molar-refractivity contribution >= 4 is 14.9 Å². The van der Waals surface area contributed by atoms with E-state index in [4.69, 9.17) is 0 Å². The SMILES string of the molecule is C[N+](C)(C)c1cccc(CNC(P)c2ccccc2)c1. The number of hydrogen-bond acceptors (Lipinski definition) is 1. The Bertz CT molecular complexity index is 546. The third-order valence-electron chi connectivity index (χ3n) is 3.37. The van der Waals surface area contributed by atoms with Gasteiger partial charge in [0.1, 0.15) is 5.69 Å². The molecule has 0 amide bonds. The van der Waals surface area contributed by atoms with Gasteiger partial charge >= 0.3 is 0 Å². The maximum Gasteiger partial charge on any atom is 0.132 e. The van der Waals surface area contributed by atoms with Crippen LogP contribution in [0.3, 0.4) is 0 Å². The van der Waals surface area contributed by atoms with E-state index in [-0.39, 0.29) is 5.78 Å². The van der Waals surface area contributed by atoms with Crippen LogP contribution in [0.2, 0.25) is 0 Å². The average Bonchev–Trinajstić information content (AvgIpc) is 2.45. The van der Waals surface area contributed by atoms with Crippen LogP contribution in [0, 0.1) is 0 Å². The molecule has 2 nitrogen and oxygen atoms in total. The molecule has 20 heavy (non-hydrogen) atoms. The zero-order valence-corrected chi connectivity index (χ0v) is 13.7. The van der Waals surface area contributed by atoms with E-state index in [1.165, 1.54) is 16.8 Å². The first-order chi connectivity index (χ1) is 9.47. The molecule has 106 valence electrons. The molecule has 2 atom stereocenters. The van der Waals surface area contributed by atoms with Crippen LogP contribution in [0.5, 0.6) is 0 Å². The van der Waals surface area contributed by atoms with E-state index in [0.717, 1.165) is 11.0 Å². The summed E-state index contributed by atoms with van der Waals surface area (Å²) in [7, 11) is 9.43. The predicted octanol–water partition coefficient (Wildman–Crippen LogP) is 3.55. The highest BCUT2D eigenvalue weighted by Crippen LogP contribution is 2.22. The highest BCUT2D eigenvalue weighted by molar-refractivity contribution is 7.17. The van der Waals surface area contributed by atoms with Gasteiger partial charge in [0.2, 0.25) is 0 Å². The molecule has 2 rings (SSSR count). The molecule has 2 aromatic rings. The van der Waals surface area contributed by atoms with Gasteiger partial charge in [-0.15, -0.1) is 9.24 Å². The molecule has 2 unspecified atom stereocenters. The van der Waals surface area contributed by atoms with Gasteiger partial charge < -0.3 is 5.32 Å². The van der Waals surface area contributed by atoms with Gasteiger partial charge in [-0.25, -0.2) is 0 Å². The molecule has 0 fully saturated rings. The van der Waals surface area contributed by atoms with Gasteiger partial charge in [0.05, 0.1) is 21.1 Å². The van der Waals surface area contributed by atoms with Crippen molar-refractivity contribution in [3.8, 4) is 0 Å². The molecule has 0 saturated heterocycles. The van der Waals surface area contributed by atoms with Crippen LogP contribution >= 0.6 is 9.24 Å². The Morgan fingerprint density at radius 3 is 2.35 bits per heavy atom. The Morgan fingerprint density at radius 1 is 1.00 bits per heavy atom. The summed E-state index contributed by atoms with van der Waals surface area (Å²) in [5, 5.41) is 3.55. The molecule has 0 radical (unpaired) electrons. The minimum Gasteiger partial charge on any atom is -0.303 e. The smallest absolute Gasteiger partial charge is 0.132 e. The quantitative estimate of drug-likeness (QED) is 0.655. The molecule has 0 saturated carbocycles. The average molecular weight is 287 g/mol. The van der Waals surface area contributed by atoms with Crippen molar-refractivity contribution in [3.63, 3.8) is 0 Å². The van der Waals surface area contributed by atoms with Crippen LogP contribution in [-0.2, 0) is 6.54 Å². The molecule has 0 aliphatic heterocycles. The molecule has 3 heteroatoms. The van der Waals surface area contributed by atoms with E-state index < -0.39 is 0 Å². The fourth-order valence-electron chi connectivity index (χ4n) is 2.09. The fourth-order valence-corrected chi connectivity index (χ4v) is 2.43. The first kappa shape index (κ1) is 15.2. The molecule has 0 spiro atoms. The van der Waals surface area contributed by atoms with E-state index in [0.29, 0.717) is 0 Å². The maximum absolute atomic E-state index is 3.55. The van der Waals surface area contributed by atoms with Crippen molar-refractivity contribution in [2.75, 3.05) is 21.1 Å². The summed E-state index contributed by atoms with van der Waals surface area (Å²) < 4.78 is 0.844. The topological polar surface area (TPSA) is 12.0 Å². The van der Waals surface area contributed by atoms with Crippen molar-refractivity contribution in [2.24, 2.45) is 0 Å². The van der Waals surface area contributed by atoms with Crippen LogP contribution in [0.4, 0.5) is 5.69 Å². The van der Waals surface area contributed by atoms with Gasteiger partial charge in [0.25, 0.3) is 0 Å². The number of quaternary nitrogens is 1.